The Balaban J connectivity index is 2.25. The standard InChI is InChI=1S/C33H66O3Si3/c1-9-36-28-20-16-12-10-11-13-17-21-29-37(4,5)32-24-26-33(27-25-32)38(6,7)30-22-18-14-15-19-23-31-39(8,34-2)35-3/h24-27H,9-23,28-31H2,1-8H3. The van der Waals surface area contributed by atoms with Gasteiger partial charge in [0.25, 0.3) is 0 Å². The van der Waals surface area contributed by atoms with Gasteiger partial charge in [-0.2, -0.15) is 0 Å². The lowest BCUT2D eigenvalue weighted by Gasteiger charge is -2.26. The van der Waals surface area contributed by atoms with E-state index in [1.54, 1.807) is 24.6 Å². The Morgan fingerprint density at radius 2 is 0.821 bits per heavy atom. The molecule has 0 unspecified atom stereocenters. The van der Waals surface area contributed by atoms with Crippen LogP contribution in [0.2, 0.25) is 50.9 Å². The van der Waals surface area contributed by atoms with Crippen LogP contribution in [0.3, 0.4) is 0 Å². The van der Waals surface area contributed by atoms with Gasteiger partial charge in [-0.15, -0.1) is 0 Å². The van der Waals surface area contributed by atoms with E-state index in [0.29, 0.717) is 0 Å². The van der Waals surface area contributed by atoms with E-state index in [1.807, 2.05) is 0 Å². The highest BCUT2D eigenvalue weighted by atomic mass is 28.4. The third-order valence-corrected chi connectivity index (χ3v) is 19.0. The van der Waals surface area contributed by atoms with Crippen molar-refractivity contribution in [1.29, 1.82) is 0 Å². The zero-order valence-corrected chi connectivity index (χ0v) is 30.5. The Labute approximate surface area is 247 Å². The summed E-state index contributed by atoms with van der Waals surface area (Å²) in [6.45, 7) is 16.4. The predicted molar refractivity (Wildman–Crippen MR) is 182 cm³/mol. The molecule has 39 heavy (non-hydrogen) atoms. The molecule has 0 aromatic heterocycles. The first-order valence-corrected chi connectivity index (χ1v) is 25.3. The first-order chi connectivity index (χ1) is 18.6. The summed E-state index contributed by atoms with van der Waals surface area (Å²) in [5.41, 5.74) is 0. The van der Waals surface area contributed by atoms with Gasteiger partial charge in [0.2, 0.25) is 0 Å². The average Bonchev–Trinajstić information content (AvgIpc) is 2.93. The second-order valence-electron chi connectivity index (χ2n) is 13.3. The molecule has 1 aromatic rings. The first kappa shape index (κ1) is 36.8. The van der Waals surface area contributed by atoms with Crippen LogP contribution in [0.4, 0.5) is 0 Å². The van der Waals surface area contributed by atoms with Gasteiger partial charge in [0, 0.05) is 27.4 Å². The van der Waals surface area contributed by atoms with Crippen molar-refractivity contribution in [2.24, 2.45) is 0 Å². The zero-order chi connectivity index (χ0) is 29.0. The molecule has 0 saturated carbocycles. The largest absolute Gasteiger partial charge is 0.398 e. The Morgan fingerprint density at radius 1 is 0.487 bits per heavy atom. The first-order valence-electron chi connectivity index (χ1n) is 16.4. The minimum atomic E-state index is -1.87. The van der Waals surface area contributed by atoms with Crippen LogP contribution in [0.25, 0.3) is 0 Å². The second-order valence-corrected chi connectivity index (χ2v) is 26.6. The third kappa shape index (κ3) is 16.1. The van der Waals surface area contributed by atoms with Crippen molar-refractivity contribution in [1.82, 2.24) is 0 Å². The van der Waals surface area contributed by atoms with E-state index in [-0.39, 0.29) is 0 Å². The van der Waals surface area contributed by atoms with Gasteiger partial charge in [0.1, 0.15) is 0 Å². The highest BCUT2D eigenvalue weighted by Gasteiger charge is 2.28. The van der Waals surface area contributed by atoms with Gasteiger partial charge in [0.15, 0.2) is 0 Å². The number of benzene rings is 1. The normalized spacial score (nSPS) is 12.8. The Morgan fingerprint density at radius 3 is 1.18 bits per heavy atom. The molecule has 228 valence electrons. The molecule has 0 atom stereocenters. The number of unbranched alkanes of at least 4 members (excludes halogenated alkanes) is 12. The van der Waals surface area contributed by atoms with Crippen molar-refractivity contribution in [3.05, 3.63) is 24.3 Å². The summed E-state index contributed by atoms with van der Waals surface area (Å²) in [5, 5.41) is 3.31. The summed E-state index contributed by atoms with van der Waals surface area (Å²) in [6, 6.07) is 14.0. The molecule has 6 heteroatoms. The smallest absolute Gasteiger partial charge is 0.334 e. The van der Waals surface area contributed by atoms with Crippen molar-refractivity contribution in [2.45, 2.75) is 148 Å². The van der Waals surface area contributed by atoms with Crippen molar-refractivity contribution >= 4 is 35.1 Å². The summed E-state index contributed by atoms with van der Waals surface area (Å²) in [7, 11) is -0.943. The van der Waals surface area contributed by atoms with Crippen LogP contribution in [0.15, 0.2) is 24.3 Å². The fourth-order valence-electron chi connectivity index (χ4n) is 5.64. The summed E-state index contributed by atoms with van der Waals surface area (Å²) >= 11 is 0. The van der Waals surface area contributed by atoms with Gasteiger partial charge >= 0.3 is 8.56 Å². The quantitative estimate of drug-likeness (QED) is 0.0833. The second kappa shape index (κ2) is 20.6. The van der Waals surface area contributed by atoms with Crippen LogP contribution < -0.4 is 10.4 Å². The van der Waals surface area contributed by atoms with Gasteiger partial charge in [-0.05, 0) is 25.9 Å². The lowest BCUT2D eigenvalue weighted by molar-refractivity contribution is 0.143. The van der Waals surface area contributed by atoms with Gasteiger partial charge in [-0.1, -0.05) is 156 Å². The lowest BCUT2D eigenvalue weighted by atomic mass is 10.1. The minimum Gasteiger partial charge on any atom is -0.398 e. The number of rotatable bonds is 25. The monoisotopic (exact) mass is 594 g/mol. The molecule has 0 fully saturated rings. The van der Waals surface area contributed by atoms with Crippen LogP contribution in [0.1, 0.15) is 96.8 Å². The minimum absolute atomic E-state index is 0.859. The molecule has 0 N–H and O–H groups in total. The van der Waals surface area contributed by atoms with Crippen molar-refractivity contribution < 1.29 is 13.6 Å². The Bertz CT molecular complexity index is 717. The summed E-state index contributed by atoms with van der Waals surface area (Å²) in [6.07, 6.45) is 19.0. The number of ether oxygens (including phenoxy) is 1. The molecule has 0 aliphatic heterocycles. The van der Waals surface area contributed by atoms with E-state index in [0.717, 1.165) is 19.3 Å². The maximum atomic E-state index is 5.61. The summed E-state index contributed by atoms with van der Waals surface area (Å²) < 4.78 is 16.6. The third-order valence-electron chi connectivity index (χ3n) is 9.04. The maximum absolute atomic E-state index is 5.61. The molecule has 0 aliphatic rings. The molecule has 0 aliphatic carbocycles. The molecule has 3 nitrogen and oxygen atoms in total. The maximum Gasteiger partial charge on any atom is 0.334 e. The molecule has 1 aromatic carbocycles. The summed E-state index contributed by atoms with van der Waals surface area (Å²) in [4.78, 5) is 0. The molecule has 0 radical (unpaired) electrons. The van der Waals surface area contributed by atoms with Crippen molar-refractivity contribution in [3.8, 4) is 0 Å². The van der Waals surface area contributed by atoms with E-state index in [1.165, 1.54) is 102 Å². The Hall–Kier alpha value is -0.249. The lowest BCUT2D eigenvalue weighted by Crippen LogP contribution is -2.45. The predicted octanol–water partition coefficient (Wildman–Crippen LogP) is 9.38. The van der Waals surface area contributed by atoms with Crippen LogP contribution in [0.5, 0.6) is 0 Å². The Kier molecular flexibility index (Phi) is 19.4. The van der Waals surface area contributed by atoms with Crippen LogP contribution in [0, 0.1) is 0 Å². The zero-order valence-electron chi connectivity index (χ0n) is 27.5. The van der Waals surface area contributed by atoms with Crippen LogP contribution in [-0.4, -0.2) is 52.1 Å². The van der Waals surface area contributed by atoms with E-state index >= 15 is 0 Å². The van der Waals surface area contributed by atoms with E-state index in [2.05, 4.69) is 63.9 Å². The fraction of sp³-hybridized carbons (Fsp3) is 0.818. The SMILES string of the molecule is CCOCCCCCCCCCC[Si](C)(C)c1ccc([Si](C)(C)CCCCCCCC[Si](C)(OC)OC)cc1. The average molecular weight is 595 g/mol. The molecular weight excluding hydrogens is 529 g/mol. The molecular formula is C33H66O3Si3. The molecule has 1 rings (SSSR count). The van der Waals surface area contributed by atoms with Crippen LogP contribution in [-0.2, 0) is 13.6 Å². The summed E-state index contributed by atoms with van der Waals surface area (Å²) in [5.74, 6) is 0. The number of hydrogen-bond donors (Lipinski definition) is 0. The van der Waals surface area contributed by atoms with Crippen molar-refractivity contribution in [3.63, 3.8) is 0 Å². The highest BCUT2D eigenvalue weighted by molar-refractivity contribution is 6.91. The van der Waals surface area contributed by atoms with E-state index in [4.69, 9.17) is 13.6 Å². The van der Waals surface area contributed by atoms with E-state index < -0.39 is 24.7 Å². The van der Waals surface area contributed by atoms with Gasteiger partial charge in [-0.25, -0.2) is 0 Å². The van der Waals surface area contributed by atoms with Crippen molar-refractivity contribution in [2.75, 3.05) is 27.4 Å². The molecule has 0 spiro atoms. The molecule has 0 saturated heterocycles. The molecule has 0 heterocycles. The highest BCUT2D eigenvalue weighted by Crippen LogP contribution is 2.20. The number of hydrogen-bond acceptors (Lipinski definition) is 3. The van der Waals surface area contributed by atoms with Crippen LogP contribution >= 0.6 is 0 Å². The van der Waals surface area contributed by atoms with Gasteiger partial charge < -0.3 is 13.6 Å². The van der Waals surface area contributed by atoms with Gasteiger partial charge in [-0.3, -0.25) is 0 Å². The topological polar surface area (TPSA) is 27.7 Å². The molecule has 0 bridgehead atoms. The fourth-order valence-corrected chi connectivity index (χ4v) is 12.1. The van der Waals surface area contributed by atoms with E-state index in [9.17, 15) is 0 Å². The molecule has 0 amide bonds. The van der Waals surface area contributed by atoms with Gasteiger partial charge in [0.05, 0.1) is 16.1 Å².